The van der Waals surface area contributed by atoms with Gasteiger partial charge in [0.1, 0.15) is 75.3 Å². The molecule has 6 heterocycles. The minimum absolute atomic E-state index is 0.267. The maximum Gasteiger partial charge on any atom is 0.217 e. The Balaban J connectivity index is 0.716. The third-order valence-electron chi connectivity index (χ3n) is 15.3. The summed E-state index contributed by atoms with van der Waals surface area (Å²) in [5, 5.41) is 10.6. The van der Waals surface area contributed by atoms with Gasteiger partial charge in [-0.3, -0.25) is 9.80 Å². The molecule has 0 spiro atoms. The lowest BCUT2D eigenvalue weighted by atomic mass is 9.98. The van der Waals surface area contributed by atoms with E-state index in [1.165, 1.54) is 43.3 Å². The first-order chi connectivity index (χ1) is 37.3. The first kappa shape index (κ1) is 55.6. The van der Waals surface area contributed by atoms with Crippen LogP contribution < -0.4 is 19.3 Å². The van der Waals surface area contributed by atoms with Crippen LogP contribution in [0.15, 0.2) is 110 Å². The number of nitrogens with zero attached hydrogens (tertiary/aromatic N) is 10. The second-order valence-electron chi connectivity index (χ2n) is 21.2. The highest BCUT2D eigenvalue weighted by Crippen LogP contribution is 2.42. The van der Waals surface area contributed by atoms with Crippen molar-refractivity contribution in [2.75, 3.05) is 75.5 Å². The molecule has 412 valence electrons. The maximum absolute atomic E-state index is 6.69. The quantitative estimate of drug-likeness (QED) is 0.0598. The molecule has 4 fully saturated rings. The average molecular weight is 1130 g/mol. The SMILES string of the molecule is CC(C)N1CCN(c2ccc(OC[C@@H]3CO[C@@](Cn4cncn4)(c4ccc(Cl)cc4Cl)O3)cc2)C(CCCCCC2CN(C(C)C)CCN2c2ccc(OC[C@@H]3CO[C@@](Cn4cncn4)(c4ccc(Cl)cc4Cl)O3)cc2)C1. The number of hydrogen-bond donors (Lipinski definition) is 0. The Morgan fingerprint density at radius 2 is 0.987 bits per heavy atom. The lowest BCUT2D eigenvalue weighted by Crippen LogP contribution is -2.55. The summed E-state index contributed by atoms with van der Waals surface area (Å²) in [6.45, 7) is 17.2. The molecule has 0 saturated carbocycles. The largest absolute Gasteiger partial charge is 0.491 e. The summed E-state index contributed by atoms with van der Waals surface area (Å²) in [7, 11) is 0. The fourth-order valence-electron chi connectivity index (χ4n) is 11.2. The fourth-order valence-corrected chi connectivity index (χ4v) is 12.3. The molecule has 6 atom stereocenters. The fraction of sp³-hybridized carbons (Fsp3) is 0.509. The number of rotatable bonds is 22. The molecule has 0 amide bonds. The van der Waals surface area contributed by atoms with Crippen LogP contribution in [0.5, 0.6) is 11.5 Å². The van der Waals surface area contributed by atoms with Crippen molar-refractivity contribution in [2.24, 2.45) is 0 Å². The smallest absolute Gasteiger partial charge is 0.217 e. The number of anilines is 2. The van der Waals surface area contributed by atoms with Crippen molar-refractivity contribution in [3.05, 3.63) is 141 Å². The molecule has 2 aromatic heterocycles. The highest BCUT2D eigenvalue weighted by molar-refractivity contribution is 6.35. The van der Waals surface area contributed by atoms with E-state index in [1.807, 2.05) is 12.1 Å². The average Bonchev–Trinajstić information content (AvgIpc) is 4.34. The monoisotopic (exact) mass is 1130 g/mol. The van der Waals surface area contributed by atoms with E-state index in [2.05, 4.69) is 116 Å². The van der Waals surface area contributed by atoms with Gasteiger partial charge < -0.3 is 38.2 Å². The van der Waals surface area contributed by atoms with Crippen molar-refractivity contribution in [1.82, 2.24) is 39.3 Å². The first-order valence-electron chi connectivity index (χ1n) is 27.0. The molecule has 6 aromatic rings. The van der Waals surface area contributed by atoms with Crippen molar-refractivity contribution in [3.8, 4) is 11.5 Å². The minimum Gasteiger partial charge on any atom is -0.491 e. The van der Waals surface area contributed by atoms with Crippen molar-refractivity contribution >= 4 is 57.8 Å². The molecule has 77 heavy (non-hydrogen) atoms. The lowest BCUT2D eigenvalue weighted by molar-refractivity contribution is -0.191. The van der Waals surface area contributed by atoms with Gasteiger partial charge in [0.05, 0.1) is 23.3 Å². The summed E-state index contributed by atoms with van der Waals surface area (Å²) in [5.74, 6) is -0.789. The topological polar surface area (TPSA) is 130 Å². The van der Waals surface area contributed by atoms with E-state index in [9.17, 15) is 0 Å². The van der Waals surface area contributed by atoms with Gasteiger partial charge in [-0.2, -0.15) is 10.2 Å². The van der Waals surface area contributed by atoms with Gasteiger partial charge in [-0.05, 0) is 113 Å². The number of ether oxygens (including phenoxy) is 6. The molecule has 2 unspecified atom stereocenters. The van der Waals surface area contributed by atoms with Crippen LogP contribution in [-0.4, -0.2) is 141 Å². The standard InChI is InChI=1S/C57H70Cl4N10O6/c1-40(2)66-22-24-70(44-12-16-48(17-13-44)72-30-50-32-74-56(76-50,34-68-38-62-36-64-68)52-20-10-42(58)26-54(52)60)46(28-66)8-6-5-7-9-47-29-67(41(3)4)23-25-71(47)45-14-18-49(19-15-45)73-31-51-33-75-57(77-51,35-69-39-63-37-65-69)53-21-11-43(59)27-55(53)61/h10-21,26-27,36-41,46-47,50-51H,5-9,22-25,28-35H2,1-4H3/t46?,47?,50-,51-,56-,57-/m1/s1. The molecule has 0 bridgehead atoms. The number of unbranched alkanes of at least 4 members (excludes halogenated alkanes) is 2. The molecule has 4 aliphatic rings. The molecule has 20 heteroatoms. The van der Waals surface area contributed by atoms with Crippen molar-refractivity contribution in [3.63, 3.8) is 0 Å². The zero-order chi connectivity index (χ0) is 53.5. The number of halogens is 4. The summed E-state index contributed by atoms with van der Waals surface area (Å²) in [6, 6.07) is 29.5. The normalized spacial score (nSPS) is 24.4. The van der Waals surface area contributed by atoms with Crippen LogP contribution in [0, 0.1) is 0 Å². The van der Waals surface area contributed by atoms with Crippen LogP contribution in [0.1, 0.15) is 70.9 Å². The van der Waals surface area contributed by atoms with E-state index in [4.69, 9.17) is 74.8 Å². The van der Waals surface area contributed by atoms with Gasteiger partial charge >= 0.3 is 0 Å². The second-order valence-corrected chi connectivity index (χ2v) is 22.8. The number of hydrogen-bond acceptors (Lipinski definition) is 14. The van der Waals surface area contributed by atoms with Crippen molar-refractivity contribution in [1.29, 1.82) is 0 Å². The maximum atomic E-state index is 6.69. The number of piperazine rings is 2. The Bertz CT molecular complexity index is 2630. The van der Waals surface area contributed by atoms with E-state index in [1.54, 1.807) is 46.3 Å². The molecule has 10 rings (SSSR count). The van der Waals surface area contributed by atoms with Crippen molar-refractivity contribution < 1.29 is 28.4 Å². The zero-order valence-electron chi connectivity index (χ0n) is 44.3. The van der Waals surface area contributed by atoms with Gasteiger partial charge in [-0.25, -0.2) is 19.3 Å². The van der Waals surface area contributed by atoms with Gasteiger partial charge in [0.15, 0.2) is 0 Å². The van der Waals surface area contributed by atoms with Crippen LogP contribution in [0.4, 0.5) is 11.4 Å². The Kier molecular flexibility index (Phi) is 18.2. The van der Waals surface area contributed by atoms with E-state index >= 15 is 0 Å². The summed E-state index contributed by atoms with van der Waals surface area (Å²) in [4.78, 5) is 18.7. The Morgan fingerprint density at radius 3 is 1.36 bits per heavy atom. The Morgan fingerprint density at radius 1 is 0.558 bits per heavy atom. The van der Waals surface area contributed by atoms with Crippen LogP contribution >= 0.6 is 46.4 Å². The Hall–Kier alpha value is -4.72. The van der Waals surface area contributed by atoms with Crippen LogP contribution in [-0.2, 0) is 43.6 Å². The second kappa shape index (κ2) is 25.2. The Labute approximate surface area is 472 Å². The van der Waals surface area contributed by atoms with Crippen molar-refractivity contribution in [2.45, 2.75) is 121 Å². The molecule has 0 N–H and O–H groups in total. The van der Waals surface area contributed by atoms with Gasteiger partial charge in [0.25, 0.3) is 0 Å². The number of aromatic nitrogens is 6. The van der Waals surface area contributed by atoms with Gasteiger partial charge in [0, 0.05) is 96.0 Å². The molecule has 0 aliphatic carbocycles. The lowest BCUT2D eigenvalue weighted by Gasteiger charge is -2.45. The first-order valence-corrected chi connectivity index (χ1v) is 28.5. The molecule has 16 nitrogen and oxygen atoms in total. The molecule has 0 radical (unpaired) electrons. The van der Waals surface area contributed by atoms with Gasteiger partial charge in [-0.15, -0.1) is 0 Å². The third kappa shape index (κ3) is 13.5. The number of benzene rings is 4. The third-order valence-corrected chi connectivity index (χ3v) is 16.4. The van der Waals surface area contributed by atoms with E-state index in [-0.39, 0.29) is 25.3 Å². The predicted octanol–water partition coefficient (Wildman–Crippen LogP) is 10.6. The molecule has 4 saturated heterocycles. The van der Waals surface area contributed by atoms with E-state index in [0.29, 0.717) is 81.8 Å². The van der Waals surface area contributed by atoms with E-state index in [0.717, 1.165) is 63.6 Å². The molecule has 4 aromatic carbocycles. The predicted molar refractivity (Wildman–Crippen MR) is 301 cm³/mol. The summed E-state index contributed by atoms with van der Waals surface area (Å²) >= 11 is 25.9. The summed E-state index contributed by atoms with van der Waals surface area (Å²) in [6.07, 6.45) is 11.3. The molecule has 4 aliphatic heterocycles. The molecular formula is C57H70Cl4N10O6. The van der Waals surface area contributed by atoms with Gasteiger partial charge in [0.2, 0.25) is 11.6 Å². The molecular weight excluding hydrogens is 1060 g/mol. The highest BCUT2D eigenvalue weighted by atomic mass is 35.5. The summed E-state index contributed by atoms with van der Waals surface area (Å²) in [5.41, 5.74) is 3.79. The van der Waals surface area contributed by atoms with E-state index < -0.39 is 11.6 Å². The highest BCUT2D eigenvalue weighted by Gasteiger charge is 2.47. The summed E-state index contributed by atoms with van der Waals surface area (Å²) < 4.78 is 42.0. The zero-order valence-corrected chi connectivity index (χ0v) is 47.3. The van der Waals surface area contributed by atoms with Crippen LogP contribution in [0.25, 0.3) is 0 Å². The van der Waals surface area contributed by atoms with Gasteiger partial charge in [-0.1, -0.05) is 77.8 Å². The minimum atomic E-state index is -1.17. The van der Waals surface area contributed by atoms with Crippen LogP contribution in [0.3, 0.4) is 0 Å². The van der Waals surface area contributed by atoms with Crippen LogP contribution in [0.2, 0.25) is 20.1 Å².